The number of sulfonamides is 1. The lowest BCUT2D eigenvalue weighted by molar-refractivity contribution is 0.562. The first-order valence-electron chi connectivity index (χ1n) is 4.54. The molecular weight excluding hydrogens is 351 g/mol. The molecule has 0 saturated carbocycles. The number of halogens is 3. The lowest BCUT2D eigenvalue weighted by Crippen LogP contribution is -2.37. The van der Waals surface area contributed by atoms with Gasteiger partial charge in [0.1, 0.15) is 0 Å². The summed E-state index contributed by atoms with van der Waals surface area (Å²) in [4.78, 5) is 0.150. The molecule has 0 heterocycles. The monoisotopic (exact) mass is 362 g/mol. The zero-order valence-corrected chi connectivity index (χ0v) is 13.0. The summed E-state index contributed by atoms with van der Waals surface area (Å²) >= 11 is 8.89. The van der Waals surface area contributed by atoms with E-state index in [1.165, 1.54) is 18.2 Å². The molecule has 4 nitrogen and oxygen atoms in total. The van der Waals surface area contributed by atoms with E-state index in [1.54, 1.807) is 6.92 Å². The van der Waals surface area contributed by atoms with Crippen molar-refractivity contribution in [2.45, 2.75) is 17.9 Å². The minimum Gasteiger partial charge on any atom is -0.329 e. The van der Waals surface area contributed by atoms with Crippen molar-refractivity contribution in [3.05, 3.63) is 27.7 Å². The van der Waals surface area contributed by atoms with E-state index in [0.29, 0.717) is 9.50 Å². The van der Waals surface area contributed by atoms with Crippen LogP contribution in [0.25, 0.3) is 0 Å². The van der Waals surface area contributed by atoms with Gasteiger partial charge < -0.3 is 5.73 Å². The summed E-state index contributed by atoms with van der Waals surface area (Å²) in [6.45, 7) is 1.94. The van der Waals surface area contributed by atoms with E-state index in [4.69, 9.17) is 17.3 Å². The maximum atomic E-state index is 11.9. The van der Waals surface area contributed by atoms with Crippen LogP contribution in [0.3, 0.4) is 0 Å². The van der Waals surface area contributed by atoms with Crippen LogP contribution in [-0.4, -0.2) is 21.0 Å². The Kier molecular flexibility index (Phi) is 6.98. The van der Waals surface area contributed by atoms with Gasteiger partial charge in [-0.15, -0.1) is 12.4 Å². The van der Waals surface area contributed by atoms with E-state index >= 15 is 0 Å². The van der Waals surface area contributed by atoms with Gasteiger partial charge in [-0.1, -0.05) is 11.6 Å². The highest BCUT2D eigenvalue weighted by Gasteiger charge is 2.19. The van der Waals surface area contributed by atoms with E-state index in [9.17, 15) is 8.42 Å². The lowest BCUT2D eigenvalue weighted by Gasteiger charge is -2.13. The zero-order valence-electron chi connectivity index (χ0n) is 8.98. The van der Waals surface area contributed by atoms with Gasteiger partial charge in [-0.2, -0.15) is 0 Å². The van der Waals surface area contributed by atoms with Gasteiger partial charge in [0.15, 0.2) is 0 Å². The Morgan fingerprint density at radius 2 is 2.12 bits per heavy atom. The number of benzene rings is 1. The fourth-order valence-corrected chi connectivity index (χ4v) is 3.71. The summed E-state index contributed by atoms with van der Waals surface area (Å²) in [5.41, 5.74) is 5.36. The second-order valence-corrected chi connectivity index (χ2v) is 6.31. The predicted molar refractivity (Wildman–Crippen MR) is 75.2 cm³/mol. The standard InChI is InChI=1S/C9H12BrClN2O2S.ClH/c1-6(5-12)13-16(14,15)9-3-2-7(11)4-8(9)10;/h2-4,6,13H,5,12H2,1H3;1H/t6-;/m0./s1. The summed E-state index contributed by atoms with van der Waals surface area (Å²) in [6, 6.07) is 4.18. The maximum Gasteiger partial charge on any atom is 0.241 e. The first-order valence-corrected chi connectivity index (χ1v) is 7.19. The van der Waals surface area contributed by atoms with E-state index < -0.39 is 10.0 Å². The van der Waals surface area contributed by atoms with Gasteiger partial charge in [0.25, 0.3) is 0 Å². The number of rotatable bonds is 4. The third kappa shape index (κ3) is 4.73. The van der Waals surface area contributed by atoms with Gasteiger partial charge in [-0.3, -0.25) is 0 Å². The summed E-state index contributed by atoms with van der Waals surface area (Å²) < 4.78 is 26.7. The molecule has 0 radical (unpaired) electrons. The number of hydrogen-bond donors (Lipinski definition) is 2. The van der Waals surface area contributed by atoms with Crippen LogP contribution in [0, 0.1) is 0 Å². The highest BCUT2D eigenvalue weighted by atomic mass is 79.9. The Hall–Kier alpha value is 0.150. The summed E-state index contributed by atoms with van der Waals surface area (Å²) in [5, 5.41) is 0.470. The number of nitrogens with two attached hydrogens (primary N) is 1. The first kappa shape index (κ1) is 17.2. The van der Waals surface area contributed by atoms with Crippen molar-refractivity contribution in [3.63, 3.8) is 0 Å². The second kappa shape index (κ2) is 6.92. The van der Waals surface area contributed by atoms with Crippen LogP contribution in [0.4, 0.5) is 0 Å². The quantitative estimate of drug-likeness (QED) is 0.860. The number of nitrogens with one attached hydrogen (secondary N) is 1. The Labute approximate surface area is 121 Å². The third-order valence-electron chi connectivity index (χ3n) is 1.89. The Balaban J connectivity index is 0.00000256. The third-order valence-corrected chi connectivity index (χ3v) is 4.69. The average molecular weight is 364 g/mol. The fourth-order valence-electron chi connectivity index (χ4n) is 1.07. The Morgan fingerprint density at radius 3 is 2.59 bits per heavy atom. The van der Waals surface area contributed by atoms with Crippen LogP contribution in [-0.2, 0) is 10.0 Å². The van der Waals surface area contributed by atoms with Gasteiger partial charge in [-0.05, 0) is 41.1 Å². The molecule has 1 atom stereocenters. The molecule has 0 aliphatic carbocycles. The molecule has 0 aliphatic rings. The molecule has 0 saturated heterocycles. The highest BCUT2D eigenvalue weighted by molar-refractivity contribution is 9.10. The first-order chi connectivity index (χ1) is 7.36. The minimum absolute atomic E-state index is 0. The molecule has 1 aromatic carbocycles. The van der Waals surface area contributed by atoms with Crippen molar-refractivity contribution in [3.8, 4) is 0 Å². The van der Waals surface area contributed by atoms with Gasteiger partial charge >= 0.3 is 0 Å². The molecule has 1 rings (SSSR count). The van der Waals surface area contributed by atoms with Crippen molar-refractivity contribution in [1.29, 1.82) is 0 Å². The molecule has 0 bridgehead atoms. The zero-order chi connectivity index (χ0) is 12.3. The number of hydrogen-bond acceptors (Lipinski definition) is 3. The topological polar surface area (TPSA) is 72.2 Å². The van der Waals surface area contributed by atoms with Crippen LogP contribution in [0.15, 0.2) is 27.6 Å². The van der Waals surface area contributed by atoms with Crippen molar-refractivity contribution in [2.75, 3.05) is 6.54 Å². The maximum absolute atomic E-state index is 11.9. The Morgan fingerprint density at radius 1 is 1.53 bits per heavy atom. The van der Waals surface area contributed by atoms with Crippen molar-refractivity contribution in [1.82, 2.24) is 4.72 Å². The summed E-state index contributed by atoms with van der Waals surface area (Å²) in [7, 11) is -3.55. The van der Waals surface area contributed by atoms with Gasteiger partial charge in [0.2, 0.25) is 10.0 Å². The molecule has 1 aromatic rings. The Bertz CT molecular complexity index is 482. The molecular formula is C9H13BrCl2N2O2S. The van der Waals surface area contributed by atoms with Crippen LogP contribution in [0.5, 0.6) is 0 Å². The highest BCUT2D eigenvalue weighted by Crippen LogP contribution is 2.25. The van der Waals surface area contributed by atoms with E-state index in [2.05, 4.69) is 20.7 Å². The molecule has 8 heteroatoms. The summed E-state index contributed by atoms with van der Waals surface area (Å²) in [5.74, 6) is 0. The van der Waals surface area contributed by atoms with Crippen LogP contribution < -0.4 is 10.5 Å². The van der Waals surface area contributed by atoms with E-state index in [0.717, 1.165) is 0 Å². The smallest absolute Gasteiger partial charge is 0.241 e. The molecule has 0 unspecified atom stereocenters. The second-order valence-electron chi connectivity index (χ2n) is 3.33. The van der Waals surface area contributed by atoms with Crippen LogP contribution >= 0.6 is 39.9 Å². The predicted octanol–water partition coefficient (Wildman–Crippen LogP) is 2.15. The summed E-state index contributed by atoms with van der Waals surface area (Å²) in [6.07, 6.45) is 0. The van der Waals surface area contributed by atoms with Crippen LogP contribution in [0.1, 0.15) is 6.92 Å². The molecule has 3 N–H and O–H groups in total. The molecule has 0 fully saturated rings. The van der Waals surface area contributed by atoms with E-state index in [-0.39, 0.29) is 29.9 Å². The average Bonchev–Trinajstić information content (AvgIpc) is 2.16. The van der Waals surface area contributed by atoms with Crippen molar-refractivity contribution in [2.24, 2.45) is 5.73 Å². The molecule has 0 aliphatic heterocycles. The van der Waals surface area contributed by atoms with Crippen molar-refractivity contribution >= 4 is 50.0 Å². The largest absolute Gasteiger partial charge is 0.329 e. The van der Waals surface area contributed by atoms with Gasteiger partial charge in [-0.25, -0.2) is 13.1 Å². The molecule has 0 amide bonds. The minimum atomic E-state index is -3.55. The molecule has 17 heavy (non-hydrogen) atoms. The van der Waals surface area contributed by atoms with Crippen LogP contribution in [0.2, 0.25) is 5.02 Å². The molecule has 0 spiro atoms. The molecule has 0 aromatic heterocycles. The normalized spacial score (nSPS) is 12.9. The SMILES string of the molecule is C[C@@H](CN)NS(=O)(=O)c1ccc(Cl)cc1Br.Cl. The fraction of sp³-hybridized carbons (Fsp3) is 0.333. The van der Waals surface area contributed by atoms with E-state index in [1.807, 2.05) is 0 Å². The van der Waals surface area contributed by atoms with Gasteiger partial charge in [0.05, 0.1) is 4.90 Å². The van der Waals surface area contributed by atoms with Crippen molar-refractivity contribution < 1.29 is 8.42 Å². The molecule has 98 valence electrons. The lowest BCUT2D eigenvalue weighted by atomic mass is 10.4. The van der Waals surface area contributed by atoms with Gasteiger partial charge in [0, 0.05) is 22.1 Å².